The molecule has 0 N–H and O–H groups in total. The first-order valence-electron chi connectivity index (χ1n) is 13.6. The van der Waals surface area contributed by atoms with Gasteiger partial charge in [0.05, 0.1) is 28.3 Å². The van der Waals surface area contributed by atoms with Crippen molar-refractivity contribution in [3.05, 3.63) is 100 Å². The number of nitrogens with zero attached hydrogens (tertiary/aromatic N) is 4. The van der Waals surface area contributed by atoms with Crippen LogP contribution in [0.4, 0.5) is 11.4 Å². The lowest BCUT2D eigenvalue weighted by Gasteiger charge is -2.28. The van der Waals surface area contributed by atoms with Gasteiger partial charge in [-0.05, 0) is 87.1 Å². The van der Waals surface area contributed by atoms with Crippen LogP contribution in [0.5, 0.6) is 0 Å². The molecule has 1 aromatic heterocycles. The minimum absolute atomic E-state index is 0.237. The van der Waals surface area contributed by atoms with E-state index in [-0.39, 0.29) is 17.2 Å². The Morgan fingerprint density at radius 2 is 1.65 bits per heavy atom. The van der Waals surface area contributed by atoms with Gasteiger partial charge in [0.2, 0.25) is 0 Å². The van der Waals surface area contributed by atoms with E-state index in [1.165, 1.54) is 4.90 Å². The Hall–Kier alpha value is -4.70. The van der Waals surface area contributed by atoms with Gasteiger partial charge in [-0.25, -0.2) is 0 Å². The summed E-state index contributed by atoms with van der Waals surface area (Å²) in [5, 5.41) is 13.8. The summed E-state index contributed by atoms with van der Waals surface area (Å²) in [6.07, 6.45) is 2.38. The molecule has 2 aliphatic rings. The SMILES string of the molecule is Cc1ccc(-c2c(C)noc2C)cc1N(CCCN1C(=O)c2ccccc2C1=O)c1ccc(C2(C#N)CC2)cc1. The van der Waals surface area contributed by atoms with Crippen molar-refractivity contribution >= 4 is 23.2 Å². The predicted octanol–water partition coefficient (Wildman–Crippen LogP) is 6.65. The second-order valence-electron chi connectivity index (χ2n) is 10.8. The third-order valence-electron chi connectivity index (χ3n) is 8.16. The molecule has 4 aromatic rings. The van der Waals surface area contributed by atoms with Gasteiger partial charge < -0.3 is 9.42 Å². The van der Waals surface area contributed by atoms with Crippen molar-refractivity contribution in [3.63, 3.8) is 0 Å². The van der Waals surface area contributed by atoms with Gasteiger partial charge in [0.1, 0.15) is 5.76 Å². The molecule has 3 aromatic carbocycles. The van der Waals surface area contributed by atoms with Crippen LogP contribution in [0, 0.1) is 32.1 Å². The van der Waals surface area contributed by atoms with Crippen molar-refractivity contribution in [2.45, 2.75) is 45.4 Å². The first kappa shape index (κ1) is 25.6. The Morgan fingerprint density at radius 3 is 2.23 bits per heavy atom. The minimum Gasteiger partial charge on any atom is -0.361 e. The maximum atomic E-state index is 12.9. The zero-order valence-electron chi connectivity index (χ0n) is 22.9. The molecule has 1 aliphatic heterocycles. The molecule has 1 fully saturated rings. The summed E-state index contributed by atoms with van der Waals surface area (Å²) in [5.41, 5.74) is 7.56. The van der Waals surface area contributed by atoms with E-state index >= 15 is 0 Å². The van der Waals surface area contributed by atoms with Crippen LogP contribution in [0.1, 0.15) is 62.6 Å². The molecule has 1 aliphatic carbocycles. The molecule has 200 valence electrons. The first-order chi connectivity index (χ1) is 19.3. The number of benzene rings is 3. The molecule has 0 radical (unpaired) electrons. The van der Waals surface area contributed by atoms with E-state index in [0.717, 1.165) is 57.9 Å². The highest BCUT2D eigenvalue weighted by Gasteiger charge is 2.44. The van der Waals surface area contributed by atoms with Crippen LogP contribution < -0.4 is 4.90 Å². The molecular formula is C33H30N4O3. The highest BCUT2D eigenvalue weighted by molar-refractivity contribution is 6.21. The molecule has 40 heavy (non-hydrogen) atoms. The van der Waals surface area contributed by atoms with Crippen LogP contribution in [0.3, 0.4) is 0 Å². The van der Waals surface area contributed by atoms with Crippen molar-refractivity contribution in [2.24, 2.45) is 0 Å². The zero-order valence-corrected chi connectivity index (χ0v) is 22.9. The summed E-state index contributed by atoms with van der Waals surface area (Å²) in [7, 11) is 0. The van der Waals surface area contributed by atoms with Crippen LogP contribution in [-0.2, 0) is 5.41 Å². The van der Waals surface area contributed by atoms with Gasteiger partial charge in [-0.3, -0.25) is 14.5 Å². The number of rotatable bonds is 8. The topological polar surface area (TPSA) is 90.4 Å². The Labute approximate surface area is 233 Å². The molecule has 6 rings (SSSR count). The van der Waals surface area contributed by atoms with Gasteiger partial charge in [0.15, 0.2) is 0 Å². The molecule has 0 bridgehead atoms. The van der Waals surface area contributed by atoms with Crippen molar-refractivity contribution in [1.82, 2.24) is 10.1 Å². The van der Waals surface area contributed by atoms with Crippen LogP contribution in [-0.4, -0.2) is 35.0 Å². The molecule has 1 saturated carbocycles. The molecule has 7 heteroatoms. The maximum absolute atomic E-state index is 12.9. The zero-order chi connectivity index (χ0) is 28.0. The second-order valence-corrected chi connectivity index (χ2v) is 10.8. The summed E-state index contributed by atoms with van der Waals surface area (Å²) in [4.78, 5) is 29.4. The van der Waals surface area contributed by atoms with Crippen LogP contribution in [0.25, 0.3) is 11.1 Å². The van der Waals surface area contributed by atoms with E-state index in [0.29, 0.717) is 30.6 Å². The number of imide groups is 1. The predicted molar refractivity (Wildman–Crippen MR) is 153 cm³/mol. The number of carbonyl (C=O) groups excluding carboxylic acids is 2. The molecule has 2 heterocycles. The third-order valence-corrected chi connectivity index (χ3v) is 8.16. The van der Waals surface area contributed by atoms with Gasteiger partial charge in [0.25, 0.3) is 11.8 Å². The lowest BCUT2D eigenvalue weighted by atomic mass is 9.97. The number of nitriles is 1. The number of fused-ring (bicyclic) bond motifs is 1. The van der Waals surface area contributed by atoms with Crippen molar-refractivity contribution in [2.75, 3.05) is 18.0 Å². The lowest BCUT2D eigenvalue weighted by Crippen LogP contribution is -2.33. The Balaban J connectivity index is 1.31. The average molecular weight is 531 g/mol. The molecule has 0 saturated heterocycles. The standard InChI is InChI=1S/C33H30N4O3/c1-21-9-10-24(30-22(2)35-40-23(30)3)19-29(21)36(26-13-11-25(12-14-26)33(20-34)15-16-33)17-6-18-37-31(38)27-7-4-5-8-28(27)32(37)39/h4-5,7-14,19H,6,15-18H2,1-3H3. The Morgan fingerprint density at radius 1 is 0.975 bits per heavy atom. The van der Waals surface area contributed by atoms with Gasteiger partial charge >= 0.3 is 0 Å². The number of aryl methyl sites for hydroxylation is 3. The summed E-state index contributed by atoms with van der Waals surface area (Å²) in [6, 6.07) is 24.0. The molecule has 0 unspecified atom stereocenters. The van der Waals surface area contributed by atoms with E-state index in [4.69, 9.17) is 4.52 Å². The quantitative estimate of drug-likeness (QED) is 0.237. The van der Waals surface area contributed by atoms with E-state index < -0.39 is 0 Å². The molecular weight excluding hydrogens is 500 g/mol. The van der Waals surface area contributed by atoms with Gasteiger partial charge in [-0.2, -0.15) is 5.26 Å². The van der Waals surface area contributed by atoms with Gasteiger partial charge in [0, 0.05) is 30.0 Å². The number of anilines is 2. The van der Waals surface area contributed by atoms with E-state index in [2.05, 4.69) is 65.5 Å². The lowest BCUT2D eigenvalue weighted by molar-refractivity contribution is 0.0653. The van der Waals surface area contributed by atoms with Crippen molar-refractivity contribution < 1.29 is 14.1 Å². The fraction of sp³-hybridized carbons (Fsp3) is 0.273. The van der Waals surface area contributed by atoms with Crippen LogP contribution in [0.15, 0.2) is 71.3 Å². The van der Waals surface area contributed by atoms with E-state index in [1.807, 2.05) is 13.8 Å². The van der Waals surface area contributed by atoms with Crippen molar-refractivity contribution in [3.8, 4) is 17.2 Å². The Bertz CT molecular complexity index is 1620. The summed E-state index contributed by atoms with van der Waals surface area (Å²) in [6.45, 7) is 6.83. The normalized spacial score (nSPS) is 15.2. The van der Waals surface area contributed by atoms with Crippen LogP contribution in [0.2, 0.25) is 0 Å². The fourth-order valence-corrected chi connectivity index (χ4v) is 5.72. The molecule has 7 nitrogen and oxygen atoms in total. The van der Waals surface area contributed by atoms with Gasteiger partial charge in [-0.1, -0.05) is 41.6 Å². The number of carbonyl (C=O) groups is 2. The first-order valence-corrected chi connectivity index (χ1v) is 13.6. The second kappa shape index (κ2) is 9.80. The third kappa shape index (κ3) is 4.26. The van der Waals surface area contributed by atoms with E-state index in [1.54, 1.807) is 24.3 Å². The monoisotopic (exact) mass is 530 g/mol. The minimum atomic E-state index is -0.353. The van der Waals surface area contributed by atoms with Crippen molar-refractivity contribution in [1.29, 1.82) is 5.26 Å². The summed E-state index contributed by atoms with van der Waals surface area (Å²) in [5.74, 6) is 0.290. The number of aromatic nitrogens is 1. The number of hydrogen-bond donors (Lipinski definition) is 0. The van der Waals surface area contributed by atoms with E-state index in [9.17, 15) is 14.9 Å². The summed E-state index contributed by atoms with van der Waals surface area (Å²) >= 11 is 0. The largest absolute Gasteiger partial charge is 0.361 e. The molecule has 2 amide bonds. The Kier molecular flexibility index (Phi) is 6.26. The fourth-order valence-electron chi connectivity index (χ4n) is 5.72. The van der Waals surface area contributed by atoms with Crippen LogP contribution >= 0.6 is 0 Å². The number of hydrogen-bond acceptors (Lipinski definition) is 6. The maximum Gasteiger partial charge on any atom is 0.261 e. The molecule has 0 spiro atoms. The molecule has 0 atom stereocenters. The smallest absolute Gasteiger partial charge is 0.261 e. The highest BCUT2D eigenvalue weighted by atomic mass is 16.5. The number of amides is 2. The summed E-state index contributed by atoms with van der Waals surface area (Å²) < 4.78 is 5.44. The average Bonchev–Trinajstić information content (AvgIpc) is 3.65. The van der Waals surface area contributed by atoms with Gasteiger partial charge in [-0.15, -0.1) is 0 Å². The highest BCUT2D eigenvalue weighted by Crippen LogP contribution is 2.48.